The highest BCUT2D eigenvalue weighted by Crippen LogP contribution is 1.61. The normalized spacial score (nSPS) is 5.93. The van der Waals surface area contributed by atoms with E-state index in [1.54, 1.807) is 6.92 Å². The fourth-order valence-corrected chi connectivity index (χ4v) is 0.0680. The van der Waals surface area contributed by atoms with E-state index in [1.165, 1.54) is 0 Å². The minimum Gasteiger partial charge on any atom is -0.468 e. The van der Waals surface area contributed by atoms with E-state index in [2.05, 4.69) is 41.5 Å². The van der Waals surface area contributed by atoms with Gasteiger partial charge >= 0.3 is 0 Å². The van der Waals surface area contributed by atoms with Crippen LogP contribution in [0.4, 0.5) is 9.59 Å². The van der Waals surface area contributed by atoms with Gasteiger partial charge < -0.3 is 16.2 Å². The third-order valence-corrected chi connectivity index (χ3v) is 0.235. The number of carbonyl (C=O) groups is 3. The molecule has 0 heterocycles. The number of nitrogens with two attached hydrogens (primary N) is 2. The maximum atomic E-state index is 9.18. The zero-order chi connectivity index (χ0) is 13.3. The zero-order valence-electron chi connectivity index (χ0n) is 8.97. The summed E-state index contributed by atoms with van der Waals surface area (Å²) in [5, 5.41) is -1.28. The van der Waals surface area contributed by atoms with Gasteiger partial charge in [0, 0.05) is 0 Å². The summed E-state index contributed by atoms with van der Waals surface area (Å²) in [7, 11) is 0. The van der Waals surface area contributed by atoms with E-state index in [1.807, 2.05) is 13.8 Å². The molecule has 6 nitrogen and oxygen atoms in total. The summed E-state index contributed by atoms with van der Waals surface area (Å²) in [6, 6.07) is 0. The van der Waals surface area contributed by atoms with Crippen molar-refractivity contribution < 1.29 is 19.1 Å². The lowest BCUT2D eigenvalue weighted by Crippen LogP contribution is -1.95. The lowest BCUT2D eigenvalue weighted by Gasteiger charge is -1.79. The van der Waals surface area contributed by atoms with Gasteiger partial charge in [0.1, 0.15) is 0 Å². The van der Waals surface area contributed by atoms with E-state index in [0.717, 1.165) is 0 Å². The molecule has 0 aromatic heterocycles. The predicted molar refractivity (Wildman–Crippen MR) is 66.2 cm³/mol. The van der Waals surface area contributed by atoms with Crippen LogP contribution in [0.2, 0.25) is 0 Å². The average Bonchev–Trinajstić information content (AvgIpc) is 2.07. The highest BCUT2D eigenvalue weighted by atomic mass is 32.1. The Morgan fingerprint density at radius 3 is 1.40 bits per heavy atom. The molecule has 0 atom stereocenters. The molecule has 0 rings (SSSR count). The molecule has 0 saturated carbocycles. The van der Waals surface area contributed by atoms with Crippen molar-refractivity contribution in [2.24, 2.45) is 11.5 Å². The Labute approximate surface area is 101 Å². The zero-order valence-corrected chi connectivity index (χ0v) is 10.8. The molecule has 0 bridgehead atoms. The average molecular weight is 258 g/mol. The lowest BCUT2D eigenvalue weighted by atomic mass is 10.9. The van der Waals surface area contributed by atoms with Crippen LogP contribution >= 0.6 is 25.3 Å². The van der Waals surface area contributed by atoms with Crippen LogP contribution in [-0.4, -0.2) is 23.6 Å². The van der Waals surface area contributed by atoms with Crippen LogP contribution in [0.5, 0.6) is 0 Å². The summed E-state index contributed by atoms with van der Waals surface area (Å²) in [4.78, 5) is 27.4. The molecule has 0 fully saturated rings. The van der Waals surface area contributed by atoms with E-state index in [0.29, 0.717) is 13.1 Å². The summed E-state index contributed by atoms with van der Waals surface area (Å²) in [6.07, 6.45) is 0. The number of primary amides is 2. The molecule has 0 saturated heterocycles. The fourth-order valence-electron chi connectivity index (χ4n) is 0.0680. The van der Waals surface area contributed by atoms with E-state index >= 15 is 0 Å². The Morgan fingerprint density at radius 2 is 1.40 bits per heavy atom. The summed E-state index contributed by atoms with van der Waals surface area (Å²) in [5.74, 6) is 0. The third kappa shape index (κ3) is 1310. The molecule has 0 aromatic rings. The maximum Gasteiger partial charge on any atom is 0.293 e. The van der Waals surface area contributed by atoms with Crippen LogP contribution in [0.25, 0.3) is 0 Å². The number of hydrogen-bond donors (Lipinski definition) is 4. The molecular formula is C7H18N2O4S2. The van der Waals surface area contributed by atoms with Crippen LogP contribution in [0.15, 0.2) is 0 Å². The number of hydrogen-bond acceptors (Lipinski definition) is 4. The van der Waals surface area contributed by atoms with Crippen molar-refractivity contribution in [3.8, 4) is 0 Å². The summed E-state index contributed by atoms with van der Waals surface area (Å²) in [6.45, 7) is 6.66. The van der Waals surface area contributed by atoms with Gasteiger partial charge in [-0.2, -0.15) is 0 Å². The number of rotatable bonds is 2. The van der Waals surface area contributed by atoms with Crippen molar-refractivity contribution in [3.05, 3.63) is 0 Å². The van der Waals surface area contributed by atoms with Gasteiger partial charge in [0.2, 0.25) is 0 Å². The topological polar surface area (TPSA) is 112 Å². The summed E-state index contributed by atoms with van der Waals surface area (Å²) in [5.41, 5.74) is 8.67. The molecule has 8 heteroatoms. The highest BCUT2D eigenvalue weighted by molar-refractivity contribution is 7.96. The van der Waals surface area contributed by atoms with E-state index in [-0.39, 0.29) is 0 Å². The van der Waals surface area contributed by atoms with Crippen molar-refractivity contribution in [1.29, 1.82) is 0 Å². The quantitative estimate of drug-likeness (QED) is 0.440. The van der Waals surface area contributed by atoms with Crippen LogP contribution < -0.4 is 11.5 Å². The van der Waals surface area contributed by atoms with Crippen LogP contribution in [0, 0.1) is 0 Å². The van der Waals surface area contributed by atoms with E-state index < -0.39 is 10.5 Å². The SMILES string of the molecule is CC.CCOC=O.NC(=O)S.NC(=O)S. The van der Waals surface area contributed by atoms with Crippen molar-refractivity contribution in [2.45, 2.75) is 20.8 Å². The Bertz CT molecular complexity index is 136. The third-order valence-electron chi connectivity index (χ3n) is 0.235. The fraction of sp³-hybridized carbons (Fsp3) is 0.571. The Kier molecular flexibility index (Phi) is 46.2. The molecule has 4 N–H and O–H groups in total. The monoisotopic (exact) mass is 258 g/mol. The molecule has 92 valence electrons. The van der Waals surface area contributed by atoms with Gasteiger partial charge in [0.25, 0.3) is 17.0 Å². The first-order chi connectivity index (χ1) is 6.88. The molecule has 0 unspecified atom stereocenters. The Balaban J connectivity index is -0.0000000562. The molecule has 0 aliphatic rings. The van der Waals surface area contributed by atoms with Gasteiger partial charge in [-0.15, -0.1) is 0 Å². The molecular weight excluding hydrogens is 240 g/mol. The number of thiol groups is 2. The largest absolute Gasteiger partial charge is 0.468 e. The first-order valence-electron chi connectivity index (χ1n) is 3.90. The Morgan fingerprint density at radius 1 is 1.20 bits per heavy atom. The second kappa shape index (κ2) is 29.2. The van der Waals surface area contributed by atoms with Gasteiger partial charge in [-0.05, 0) is 6.92 Å². The second-order valence-corrected chi connectivity index (χ2v) is 2.11. The van der Waals surface area contributed by atoms with Crippen molar-refractivity contribution >= 4 is 42.2 Å². The van der Waals surface area contributed by atoms with Crippen LogP contribution in [0.1, 0.15) is 20.8 Å². The molecule has 0 aromatic carbocycles. The highest BCUT2D eigenvalue weighted by Gasteiger charge is 1.63. The number of amides is 2. The molecule has 0 spiro atoms. The molecule has 15 heavy (non-hydrogen) atoms. The molecule has 2 amide bonds. The Hall–Kier alpha value is -0.890. The van der Waals surface area contributed by atoms with Crippen LogP contribution in [-0.2, 0) is 9.53 Å². The number of carbonyl (C=O) groups excluding carboxylic acids is 3. The second-order valence-electron chi connectivity index (χ2n) is 1.23. The summed E-state index contributed by atoms with van der Waals surface area (Å²) >= 11 is 6.21. The van der Waals surface area contributed by atoms with E-state index in [4.69, 9.17) is 9.59 Å². The minimum absolute atomic E-state index is 0.431. The standard InChI is InChI=1S/C3H6O2.C2H6.2CH3NOS/c1-2-5-3-4;1-2;2*2-1(3)4/h3H,2H2,1H3;1-2H3;2*(H3,2,3,4). The van der Waals surface area contributed by atoms with E-state index in [9.17, 15) is 4.79 Å². The van der Waals surface area contributed by atoms with Crippen molar-refractivity contribution in [1.82, 2.24) is 0 Å². The lowest BCUT2D eigenvalue weighted by molar-refractivity contribution is -0.128. The minimum atomic E-state index is -0.639. The number of ether oxygens (including phenoxy) is 1. The summed E-state index contributed by atoms with van der Waals surface area (Å²) < 4.78 is 4.15. The smallest absolute Gasteiger partial charge is 0.293 e. The first-order valence-corrected chi connectivity index (χ1v) is 4.79. The van der Waals surface area contributed by atoms with Gasteiger partial charge in [-0.25, -0.2) is 0 Å². The van der Waals surface area contributed by atoms with Crippen LogP contribution in [0.3, 0.4) is 0 Å². The van der Waals surface area contributed by atoms with Crippen molar-refractivity contribution in [2.75, 3.05) is 6.61 Å². The molecule has 0 aliphatic carbocycles. The molecule has 0 aliphatic heterocycles. The predicted octanol–water partition coefficient (Wildman–Crippen LogP) is 1.20. The first kappa shape index (κ1) is 23.7. The van der Waals surface area contributed by atoms with Gasteiger partial charge in [-0.3, -0.25) is 14.4 Å². The van der Waals surface area contributed by atoms with Gasteiger partial charge in [0.15, 0.2) is 0 Å². The van der Waals surface area contributed by atoms with Gasteiger partial charge in [0.05, 0.1) is 6.61 Å². The van der Waals surface area contributed by atoms with Gasteiger partial charge in [-0.1, -0.05) is 39.1 Å². The maximum absolute atomic E-state index is 9.18. The molecule has 0 radical (unpaired) electrons. The van der Waals surface area contributed by atoms with Crippen molar-refractivity contribution in [3.63, 3.8) is 0 Å².